The molecule has 3 nitrogen and oxygen atoms in total. The number of amides is 1. The van der Waals surface area contributed by atoms with Crippen molar-refractivity contribution in [2.24, 2.45) is 5.92 Å². The highest BCUT2D eigenvalue weighted by molar-refractivity contribution is 5.92. The van der Waals surface area contributed by atoms with Gasteiger partial charge in [-0.2, -0.15) is 0 Å². The largest absolute Gasteiger partial charge is 0.369 e. The first-order valence-electron chi connectivity index (χ1n) is 6.76. The monoisotopic (exact) mass is 259 g/mol. The minimum absolute atomic E-state index is 0.0977. The molecule has 0 saturated heterocycles. The van der Waals surface area contributed by atoms with E-state index in [1.54, 1.807) is 11.0 Å². The first-order chi connectivity index (χ1) is 9.00. The molecule has 1 N–H and O–H groups in total. The van der Waals surface area contributed by atoms with Crippen LogP contribution in [0.15, 0.2) is 42.0 Å². The van der Waals surface area contributed by atoms with Gasteiger partial charge in [0.05, 0.1) is 6.04 Å². The normalized spacial score (nSPS) is 20.9. The van der Waals surface area contributed by atoms with Crippen LogP contribution in [0.5, 0.6) is 0 Å². The Morgan fingerprint density at radius 3 is 2.42 bits per heavy atom. The predicted molar refractivity (Wildman–Crippen MR) is 75.2 cm³/mol. The highest BCUT2D eigenvalue weighted by Crippen LogP contribution is 2.31. The van der Waals surface area contributed by atoms with E-state index < -0.39 is 6.23 Å². The average molecular weight is 259 g/mol. The van der Waals surface area contributed by atoms with Crippen LogP contribution in [-0.4, -0.2) is 22.1 Å². The Balaban J connectivity index is 2.17. The van der Waals surface area contributed by atoms with Crippen LogP contribution in [0.3, 0.4) is 0 Å². The van der Waals surface area contributed by atoms with Crippen molar-refractivity contribution in [3.8, 4) is 0 Å². The maximum Gasteiger partial charge on any atom is 0.249 e. The first-order valence-corrected chi connectivity index (χ1v) is 6.76. The third-order valence-electron chi connectivity index (χ3n) is 3.50. The number of nitrogens with zero attached hydrogens (tertiary/aromatic N) is 1. The highest BCUT2D eigenvalue weighted by Gasteiger charge is 2.34. The van der Waals surface area contributed by atoms with Gasteiger partial charge in [-0.25, -0.2) is 0 Å². The Labute approximate surface area is 114 Å². The third-order valence-corrected chi connectivity index (χ3v) is 3.50. The van der Waals surface area contributed by atoms with Crippen LogP contribution in [0.25, 0.3) is 0 Å². The summed E-state index contributed by atoms with van der Waals surface area (Å²) >= 11 is 0. The number of hydrogen-bond donors (Lipinski definition) is 1. The Kier molecular flexibility index (Phi) is 4.05. The first kappa shape index (κ1) is 13.8. The molecule has 1 aliphatic heterocycles. The van der Waals surface area contributed by atoms with Crippen LogP contribution in [0.4, 0.5) is 0 Å². The van der Waals surface area contributed by atoms with Gasteiger partial charge in [-0.15, -0.1) is 0 Å². The summed E-state index contributed by atoms with van der Waals surface area (Å²) in [6.07, 6.45) is 1.56. The van der Waals surface area contributed by atoms with Crippen molar-refractivity contribution in [2.45, 2.75) is 39.5 Å². The molecule has 0 bridgehead atoms. The van der Waals surface area contributed by atoms with Crippen molar-refractivity contribution in [3.63, 3.8) is 0 Å². The van der Waals surface area contributed by atoms with E-state index in [1.807, 2.05) is 37.3 Å². The predicted octanol–water partition coefficient (Wildman–Crippen LogP) is 2.88. The number of rotatable bonds is 4. The number of carbonyl (C=O) groups excluding carboxylic acids is 1. The number of aliphatic hydroxyl groups is 1. The lowest BCUT2D eigenvalue weighted by molar-refractivity contribution is -0.134. The standard InChI is InChI=1S/C16H21NO2/c1-11(2)9-14-10-15(18)17(16(14)19)12(3)13-7-5-4-6-8-13/h4-8,10-12,16,19H,9H2,1-3H3/t12-,16?/m0/s1. The van der Waals surface area contributed by atoms with E-state index >= 15 is 0 Å². The Hall–Kier alpha value is -1.61. The van der Waals surface area contributed by atoms with Gasteiger partial charge in [0.1, 0.15) is 0 Å². The molecule has 3 heteroatoms. The van der Waals surface area contributed by atoms with E-state index in [0.29, 0.717) is 5.92 Å². The van der Waals surface area contributed by atoms with E-state index in [1.165, 1.54) is 0 Å². The molecule has 1 aromatic rings. The Bertz CT molecular complexity index is 479. The van der Waals surface area contributed by atoms with E-state index in [2.05, 4.69) is 13.8 Å². The zero-order valence-electron chi connectivity index (χ0n) is 11.7. The summed E-state index contributed by atoms with van der Waals surface area (Å²) in [5.74, 6) is 0.334. The van der Waals surface area contributed by atoms with Crippen molar-refractivity contribution in [2.75, 3.05) is 0 Å². The lowest BCUT2D eigenvalue weighted by Gasteiger charge is -2.30. The lowest BCUT2D eigenvalue weighted by atomic mass is 10.0. The van der Waals surface area contributed by atoms with Crippen molar-refractivity contribution >= 4 is 5.91 Å². The summed E-state index contributed by atoms with van der Waals surface area (Å²) in [5, 5.41) is 10.3. The molecule has 0 spiro atoms. The van der Waals surface area contributed by atoms with E-state index in [9.17, 15) is 9.90 Å². The molecular weight excluding hydrogens is 238 g/mol. The molecule has 1 heterocycles. The van der Waals surface area contributed by atoms with Crippen molar-refractivity contribution in [1.29, 1.82) is 0 Å². The average Bonchev–Trinajstić information content (AvgIpc) is 2.64. The molecule has 1 amide bonds. The van der Waals surface area contributed by atoms with Gasteiger partial charge in [-0.05, 0) is 30.4 Å². The fourth-order valence-electron chi connectivity index (χ4n) is 2.54. The maximum absolute atomic E-state index is 12.1. The molecule has 0 aliphatic carbocycles. The molecule has 0 aromatic heterocycles. The van der Waals surface area contributed by atoms with Crippen molar-refractivity contribution < 1.29 is 9.90 Å². The summed E-state index contributed by atoms with van der Waals surface area (Å²) in [6, 6.07) is 9.67. The fourth-order valence-corrected chi connectivity index (χ4v) is 2.54. The summed E-state index contributed by atoms with van der Waals surface area (Å²) in [4.78, 5) is 13.6. The van der Waals surface area contributed by atoms with Gasteiger partial charge in [0.15, 0.2) is 6.23 Å². The van der Waals surface area contributed by atoms with Gasteiger partial charge in [-0.1, -0.05) is 44.2 Å². The van der Waals surface area contributed by atoms with Gasteiger partial charge in [-0.3, -0.25) is 4.79 Å². The van der Waals surface area contributed by atoms with Gasteiger partial charge >= 0.3 is 0 Å². The van der Waals surface area contributed by atoms with Gasteiger partial charge in [0.2, 0.25) is 5.91 Å². The van der Waals surface area contributed by atoms with E-state index in [4.69, 9.17) is 0 Å². The van der Waals surface area contributed by atoms with Crippen LogP contribution >= 0.6 is 0 Å². The lowest BCUT2D eigenvalue weighted by Crippen LogP contribution is -2.37. The van der Waals surface area contributed by atoms with Crippen LogP contribution in [0.2, 0.25) is 0 Å². The number of hydrogen-bond acceptors (Lipinski definition) is 2. The molecular formula is C16H21NO2. The van der Waals surface area contributed by atoms with Crippen LogP contribution in [0, 0.1) is 5.92 Å². The zero-order chi connectivity index (χ0) is 14.0. The molecule has 0 fully saturated rings. The number of aliphatic hydroxyl groups excluding tert-OH is 1. The molecule has 2 rings (SSSR count). The Morgan fingerprint density at radius 2 is 1.84 bits per heavy atom. The van der Waals surface area contributed by atoms with Gasteiger partial charge in [0.25, 0.3) is 0 Å². The molecule has 0 radical (unpaired) electrons. The summed E-state index contributed by atoms with van der Waals surface area (Å²) in [7, 11) is 0. The van der Waals surface area contributed by atoms with E-state index in [-0.39, 0.29) is 11.9 Å². The number of benzene rings is 1. The molecule has 0 saturated carbocycles. The van der Waals surface area contributed by atoms with Crippen LogP contribution in [-0.2, 0) is 4.79 Å². The third kappa shape index (κ3) is 2.87. The second-order valence-electron chi connectivity index (χ2n) is 5.52. The second-order valence-corrected chi connectivity index (χ2v) is 5.52. The molecule has 102 valence electrons. The van der Waals surface area contributed by atoms with Gasteiger partial charge in [0, 0.05) is 6.08 Å². The molecule has 19 heavy (non-hydrogen) atoms. The molecule has 1 aliphatic rings. The topological polar surface area (TPSA) is 40.5 Å². The zero-order valence-corrected chi connectivity index (χ0v) is 11.7. The molecule has 2 atom stereocenters. The minimum Gasteiger partial charge on any atom is -0.369 e. The summed E-state index contributed by atoms with van der Waals surface area (Å²) < 4.78 is 0. The van der Waals surface area contributed by atoms with Gasteiger partial charge < -0.3 is 10.0 Å². The Morgan fingerprint density at radius 1 is 1.21 bits per heavy atom. The summed E-state index contributed by atoms with van der Waals surface area (Å²) in [6.45, 7) is 6.12. The maximum atomic E-state index is 12.1. The van der Waals surface area contributed by atoms with Crippen LogP contribution < -0.4 is 0 Å². The molecule has 1 unspecified atom stereocenters. The smallest absolute Gasteiger partial charge is 0.249 e. The quantitative estimate of drug-likeness (QED) is 0.903. The highest BCUT2D eigenvalue weighted by atomic mass is 16.3. The van der Waals surface area contributed by atoms with Crippen LogP contribution in [0.1, 0.15) is 38.8 Å². The molecule has 1 aromatic carbocycles. The number of carbonyl (C=O) groups is 1. The minimum atomic E-state index is -0.787. The van der Waals surface area contributed by atoms with Crippen molar-refractivity contribution in [1.82, 2.24) is 4.90 Å². The van der Waals surface area contributed by atoms with E-state index in [0.717, 1.165) is 17.6 Å². The summed E-state index contributed by atoms with van der Waals surface area (Å²) in [5.41, 5.74) is 1.86. The second kappa shape index (κ2) is 5.57. The SMILES string of the molecule is CC(C)CC1=CC(=O)N([C@@H](C)c2ccccc2)C1O. The van der Waals surface area contributed by atoms with Crippen molar-refractivity contribution in [3.05, 3.63) is 47.5 Å². The fraction of sp³-hybridized carbons (Fsp3) is 0.438.